The SMILES string of the molecule is Brc1c(C#Cc2ccc(N(c3ccccc3)c3ccccc3)cc2)sc(C#Cc2ccc(N(c3ccccc3)c3ccccc3)cc2)c1Br. The Balaban J connectivity index is 1.10. The molecule has 0 bridgehead atoms. The van der Waals surface area contributed by atoms with Gasteiger partial charge in [0.2, 0.25) is 0 Å². The minimum absolute atomic E-state index is 0.918. The average molecular weight is 777 g/mol. The number of para-hydroxylation sites is 4. The lowest BCUT2D eigenvalue weighted by molar-refractivity contribution is 1.28. The molecule has 0 atom stereocenters. The van der Waals surface area contributed by atoms with Gasteiger partial charge in [0.1, 0.15) is 0 Å². The smallest absolute Gasteiger partial charge is 0.0939 e. The van der Waals surface area contributed by atoms with Crippen LogP contribution in [0, 0.1) is 23.7 Å². The summed E-state index contributed by atoms with van der Waals surface area (Å²) < 4.78 is 1.84. The van der Waals surface area contributed by atoms with Crippen molar-refractivity contribution in [3.63, 3.8) is 0 Å². The number of hydrogen-bond acceptors (Lipinski definition) is 3. The second-order valence-corrected chi connectivity index (χ2v) is 13.6. The van der Waals surface area contributed by atoms with Crippen LogP contribution in [-0.4, -0.2) is 0 Å². The van der Waals surface area contributed by atoms with Crippen LogP contribution in [0.4, 0.5) is 34.1 Å². The molecule has 49 heavy (non-hydrogen) atoms. The van der Waals surface area contributed by atoms with Gasteiger partial charge < -0.3 is 9.80 Å². The van der Waals surface area contributed by atoms with Crippen LogP contribution < -0.4 is 9.80 Å². The van der Waals surface area contributed by atoms with Gasteiger partial charge in [0.25, 0.3) is 0 Å². The van der Waals surface area contributed by atoms with Crippen LogP contribution >= 0.6 is 43.2 Å². The zero-order valence-corrected chi connectivity index (χ0v) is 30.2. The Bertz CT molecular complexity index is 2040. The Morgan fingerprint density at radius 3 is 0.878 bits per heavy atom. The van der Waals surface area contributed by atoms with Gasteiger partial charge in [-0.25, -0.2) is 0 Å². The lowest BCUT2D eigenvalue weighted by Gasteiger charge is -2.25. The molecule has 0 spiro atoms. The van der Waals surface area contributed by atoms with Crippen LogP contribution in [0.15, 0.2) is 179 Å². The molecule has 0 amide bonds. The van der Waals surface area contributed by atoms with Crippen molar-refractivity contribution in [3.8, 4) is 23.7 Å². The van der Waals surface area contributed by atoms with E-state index >= 15 is 0 Å². The standard InChI is InChI=1S/C44H28Br2N2S/c45-43-41(31-25-33-21-27-39(28-22-33)47(35-13-5-1-6-14-35)36-15-7-2-8-16-36)49-42(44(43)46)32-26-34-23-29-40(30-24-34)48(37-17-9-3-10-18-37)38-19-11-4-12-20-38/h1-24,27-30H. The number of rotatable bonds is 6. The summed E-state index contributed by atoms with van der Waals surface area (Å²) in [6.07, 6.45) is 0. The van der Waals surface area contributed by atoms with E-state index in [0.29, 0.717) is 0 Å². The minimum atomic E-state index is 0.918. The molecular formula is C44H28Br2N2S. The van der Waals surface area contributed by atoms with E-state index in [1.807, 2.05) is 24.3 Å². The van der Waals surface area contributed by atoms with E-state index in [0.717, 1.165) is 64.0 Å². The maximum absolute atomic E-state index is 3.73. The molecule has 0 aliphatic rings. The normalized spacial score (nSPS) is 10.3. The molecule has 1 heterocycles. The van der Waals surface area contributed by atoms with E-state index in [9.17, 15) is 0 Å². The Morgan fingerprint density at radius 2 is 0.592 bits per heavy atom. The molecule has 0 radical (unpaired) electrons. The highest BCUT2D eigenvalue weighted by molar-refractivity contribution is 9.13. The van der Waals surface area contributed by atoms with Crippen LogP contribution in [0.3, 0.4) is 0 Å². The van der Waals surface area contributed by atoms with Crippen molar-refractivity contribution in [1.82, 2.24) is 0 Å². The molecule has 0 unspecified atom stereocenters. The van der Waals surface area contributed by atoms with Gasteiger partial charge in [0, 0.05) is 45.3 Å². The molecule has 1 aromatic heterocycles. The summed E-state index contributed by atoms with van der Waals surface area (Å²) >= 11 is 9.04. The van der Waals surface area contributed by atoms with Crippen molar-refractivity contribution < 1.29 is 0 Å². The molecular weight excluding hydrogens is 748 g/mol. The van der Waals surface area contributed by atoms with Gasteiger partial charge in [-0.15, -0.1) is 11.3 Å². The molecule has 0 fully saturated rings. The van der Waals surface area contributed by atoms with Crippen LogP contribution in [0.5, 0.6) is 0 Å². The van der Waals surface area contributed by atoms with Gasteiger partial charge in [0.15, 0.2) is 0 Å². The van der Waals surface area contributed by atoms with E-state index in [4.69, 9.17) is 0 Å². The second kappa shape index (κ2) is 15.3. The lowest BCUT2D eigenvalue weighted by Crippen LogP contribution is -2.09. The summed E-state index contributed by atoms with van der Waals surface area (Å²) in [7, 11) is 0. The molecule has 7 rings (SSSR count). The van der Waals surface area contributed by atoms with Crippen LogP contribution in [-0.2, 0) is 0 Å². The van der Waals surface area contributed by atoms with E-state index in [-0.39, 0.29) is 0 Å². The predicted octanol–water partition coefficient (Wildman–Crippen LogP) is 13.0. The third-order valence-electron chi connectivity index (χ3n) is 7.74. The second-order valence-electron chi connectivity index (χ2n) is 11.0. The fourth-order valence-electron chi connectivity index (χ4n) is 5.40. The van der Waals surface area contributed by atoms with Crippen LogP contribution in [0.2, 0.25) is 0 Å². The quantitative estimate of drug-likeness (QED) is 0.155. The van der Waals surface area contributed by atoms with Crippen molar-refractivity contribution in [2.45, 2.75) is 0 Å². The first-order chi connectivity index (χ1) is 24.1. The number of thiophene rings is 1. The van der Waals surface area contributed by atoms with Crippen molar-refractivity contribution >= 4 is 77.3 Å². The van der Waals surface area contributed by atoms with Crippen molar-refractivity contribution in [3.05, 3.63) is 200 Å². The Hall–Kier alpha value is -5.30. The Labute approximate surface area is 308 Å². The van der Waals surface area contributed by atoms with Gasteiger partial charge >= 0.3 is 0 Å². The van der Waals surface area contributed by atoms with Gasteiger partial charge in [-0.05, 0) is 141 Å². The predicted molar refractivity (Wildman–Crippen MR) is 214 cm³/mol. The molecule has 0 N–H and O–H groups in total. The maximum atomic E-state index is 3.73. The zero-order valence-electron chi connectivity index (χ0n) is 26.2. The van der Waals surface area contributed by atoms with Crippen molar-refractivity contribution in [2.24, 2.45) is 0 Å². The van der Waals surface area contributed by atoms with Crippen LogP contribution in [0.1, 0.15) is 20.9 Å². The van der Waals surface area contributed by atoms with E-state index in [1.54, 1.807) is 11.3 Å². The van der Waals surface area contributed by atoms with Gasteiger partial charge in [-0.1, -0.05) is 84.6 Å². The van der Waals surface area contributed by atoms with Gasteiger partial charge in [0.05, 0.1) is 18.7 Å². The van der Waals surface area contributed by atoms with Crippen molar-refractivity contribution in [1.29, 1.82) is 0 Å². The van der Waals surface area contributed by atoms with E-state index in [1.165, 1.54) is 0 Å². The highest BCUT2D eigenvalue weighted by Crippen LogP contribution is 2.38. The minimum Gasteiger partial charge on any atom is -0.311 e. The molecule has 0 aliphatic carbocycles. The first-order valence-electron chi connectivity index (χ1n) is 15.7. The Kier molecular flexibility index (Phi) is 10.1. The lowest BCUT2D eigenvalue weighted by atomic mass is 10.1. The highest BCUT2D eigenvalue weighted by Gasteiger charge is 2.14. The summed E-state index contributed by atoms with van der Waals surface area (Å²) in [5, 5.41) is 0. The number of anilines is 6. The molecule has 6 aromatic carbocycles. The molecule has 0 aliphatic heterocycles. The monoisotopic (exact) mass is 774 g/mol. The number of hydrogen-bond donors (Lipinski definition) is 0. The van der Waals surface area contributed by atoms with Crippen LogP contribution in [0.25, 0.3) is 0 Å². The van der Waals surface area contributed by atoms with E-state index in [2.05, 4.69) is 211 Å². The molecule has 0 saturated heterocycles. The maximum Gasteiger partial charge on any atom is 0.0939 e. The van der Waals surface area contributed by atoms with Gasteiger partial charge in [-0.3, -0.25) is 0 Å². The fraction of sp³-hybridized carbons (Fsp3) is 0. The number of benzene rings is 6. The third kappa shape index (κ3) is 7.56. The Morgan fingerprint density at radius 1 is 0.327 bits per heavy atom. The molecule has 2 nitrogen and oxygen atoms in total. The summed E-state index contributed by atoms with van der Waals surface area (Å²) in [6, 6.07) is 58.3. The van der Waals surface area contributed by atoms with Gasteiger partial charge in [-0.2, -0.15) is 0 Å². The molecule has 0 saturated carbocycles. The summed E-state index contributed by atoms with van der Waals surface area (Å²) in [5.41, 5.74) is 8.43. The fourth-order valence-corrected chi connectivity index (χ4v) is 7.53. The first kappa shape index (κ1) is 32.3. The average Bonchev–Trinajstić information content (AvgIpc) is 3.44. The molecule has 234 valence electrons. The molecule has 7 aromatic rings. The van der Waals surface area contributed by atoms with Crippen molar-refractivity contribution in [2.75, 3.05) is 9.80 Å². The third-order valence-corrected chi connectivity index (χ3v) is 11.4. The summed E-state index contributed by atoms with van der Waals surface area (Å²) in [5.74, 6) is 13.4. The number of nitrogens with zero attached hydrogens (tertiary/aromatic N) is 2. The first-order valence-corrected chi connectivity index (χ1v) is 18.1. The molecule has 5 heteroatoms. The topological polar surface area (TPSA) is 6.48 Å². The number of halogens is 2. The zero-order chi connectivity index (χ0) is 33.4. The summed E-state index contributed by atoms with van der Waals surface area (Å²) in [4.78, 5) is 6.33. The summed E-state index contributed by atoms with van der Waals surface area (Å²) in [6.45, 7) is 0. The largest absolute Gasteiger partial charge is 0.311 e. The highest BCUT2D eigenvalue weighted by atomic mass is 79.9. The van der Waals surface area contributed by atoms with E-state index < -0.39 is 0 Å².